The second-order valence-electron chi connectivity index (χ2n) is 5.69. The van der Waals surface area contributed by atoms with E-state index in [2.05, 4.69) is 4.98 Å². The highest BCUT2D eigenvalue weighted by Crippen LogP contribution is 2.50. The molecule has 1 amide bonds. The van der Waals surface area contributed by atoms with Crippen molar-refractivity contribution in [2.24, 2.45) is 5.92 Å². The molecule has 2 aromatic rings. The predicted octanol–water partition coefficient (Wildman–Crippen LogP) is 3.69. The molecule has 0 N–H and O–H groups in total. The fourth-order valence-electron chi connectivity index (χ4n) is 2.80. The van der Waals surface area contributed by atoms with Crippen LogP contribution in [0.3, 0.4) is 0 Å². The summed E-state index contributed by atoms with van der Waals surface area (Å²) in [7, 11) is 1.61. The van der Waals surface area contributed by atoms with Crippen LogP contribution >= 0.6 is 11.6 Å². The number of carbonyl (C=O) groups is 1. The molecular formula is C16H16ClF2N3O. The SMILES string of the molecule is CN(Cc1nccn1C(F)F)C(=O)C1CC1c1ccccc1Cl. The lowest BCUT2D eigenvalue weighted by Gasteiger charge is -2.18. The van der Waals surface area contributed by atoms with Gasteiger partial charge < -0.3 is 4.90 Å². The molecule has 7 heteroatoms. The molecule has 1 aromatic carbocycles. The van der Waals surface area contributed by atoms with E-state index in [1.165, 1.54) is 17.3 Å². The highest BCUT2D eigenvalue weighted by molar-refractivity contribution is 6.31. The smallest absolute Gasteiger partial charge is 0.319 e. The molecule has 0 saturated heterocycles. The van der Waals surface area contributed by atoms with Crippen molar-refractivity contribution in [3.8, 4) is 0 Å². The van der Waals surface area contributed by atoms with E-state index in [0.717, 1.165) is 16.6 Å². The van der Waals surface area contributed by atoms with E-state index in [1.54, 1.807) is 13.1 Å². The first-order chi connectivity index (χ1) is 11.0. The van der Waals surface area contributed by atoms with Gasteiger partial charge in [-0.2, -0.15) is 8.78 Å². The first-order valence-corrected chi connectivity index (χ1v) is 7.66. The fourth-order valence-corrected chi connectivity index (χ4v) is 3.08. The van der Waals surface area contributed by atoms with Crippen LogP contribution in [0.15, 0.2) is 36.7 Å². The summed E-state index contributed by atoms with van der Waals surface area (Å²) in [5, 5.41) is 0.656. The Morgan fingerprint density at radius 1 is 1.48 bits per heavy atom. The number of imidazole rings is 1. The second-order valence-corrected chi connectivity index (χ2v) is 6.10. The van der Waals surface area contributed by atoms with Gasteiger partial charge in [-0.15, -0.1) is 0 Å². The molecule has 0 aliphatic heterocycles. The van der Waals surface area contributed by atoms with Gasteiger partial charge in [-0.05, 0) is 24.0 Å². The van der Waals surface area contributed by atoms with E-state index >= 15 is 0 Å². The largest absolute Gasteiger partial charge is 0.338 e. The Morgan fingerprint density at radius 2 is 2.22 bits per heavy atom. The predicted molar refractivity (Wildman–Crippen MR) is 82.3 cm³/mol. The summed E-state index contributed by atoms with van der Waals surface area (Å²) >= 11 is 6.16. The molecule has 0 bridgehead atoms. The monoisotopic (exact) mass is 339 g/mol. The molecule has 2 atom stereocenters. The van der Waals surface area contributed by atoms with Gasteiger partial charge in [0.05, 0.1) is 6.54 Å². The average Bonchev–Trinajstić information content (AvgIpc) is 3.17. The Labute approximate surface area is 137 Å². The summed E-state index contributed by atoms with van der Waals surface area (Å²) in [6, 6.07) is 7.47. The third-order valence-corrected chi connectivity index (χ3v) is 4.47. The maximum absolute atomic E-state index is 12.8. The Kier molecular flexibility index (Phi) is 4.35. The quantitative estimate of drug-likeness (QED) is 0.833. The molecular weight excluding hydrogens is 324 g/mol. The molecule has 1 aliphatic carbocycles. The first kappa shape index (κ1) is 15.9. The molecule has 0 radical (unpaired) electrons. The van der Waals surface area contributed by atoms with Crippen molar-refractivity contribution in [1.29, 1.82) is 0 Å². The van der Waals surface area contributed by atoms with Crippen LogP contribution < -0.4 is 0 Å². The molecule has 122 valence electrons. The van der Waals surface area contributed by atoms with Crippen LogP contribution in [-0.4, -0.2) is 27.4 Å². The normalized spacial score (nSPS) is 19.9. The number of halogens is 3. The molecule has 1 aliphatic rings. The molecule has 23 heavy (non-hydrogen) atoms. The molecule has 4 nitrogen and oxygen atoms in total. The fraction of sp³-hybridized carbons (Fsp3) is 0.375. The lowest BCUT2D eigenvalue weighted by Crippen LogP contribution is -2.29. The Hall–Kier alpha value is -1.95. The van der Waals surface area contributed by atoms with E-state index in [-0.39, 0.29) is 30.1 Å². The Balaban J connectivity index is 1.65. The lowest BCUT2D eigenvalue weighted by atomic mass is 10.1. The van der Waals surface area contributed by atoms with Crippen molar-refractivity contribution in [1.82, 2.24) is 14.5 Å². The number of alkyl halides is 2. The van der Waals surface area contributed by atoms with Crippen molar-refractivity contribution < 1.29 is 13.6 Å². The topological polar surface area (TPSA) is 38.1 Å². The van der Waals surface area contributed by atoms with Gasteiger partial charge in [0.1, 0.15) is 5.82 Å². The maximum atomic E-state index is 12.8. The third-order valence-electron chi connectivity index (χ3n) is 4.13. The number of carbonyl (C=O) groups excluding carboxylic acids is 1. The molecule has 1 fully saturated rings. The second kappa shape index (κ2) is 6.28. The minimum atomic E-state index is -2.66. The van der Waals surface area contributed by atoms with Crippen molar-refractivity contribution in [3.05, 3.63) is 53.1 Å². The Bertz CT molecular complexity index is 719. The zero-order valence-corrected chi connectivity index (χ0v) is 13.3. The number of rotatable bonds is 5. The van der Waals surface area contributed by atoms with Gasteiger partial charge in [-0.1, -0.05) is 29.8 Å². The molecule has 2 unspecified atom stereocenters. The Morgan fingerprint density at radius 3 is 2.91 bits per heavy atom. The van der Waals surface area contributed by atoms with Gasteiger partial charge in [0.25, 0.3) is 0 Å². The molecule has 1 saturated carbocycles. The van der Waals surface area contributed by atoms with E-state index in [9.17, 15) is 13.6 Å². The zero-order chi connectivity index (χ0) is 16.6. The van der Waals surface area contributed by atoms with Gasteiger partial charge in [-0.25, -0.2) is 4.98 Å². The summed E-state index contributed by atoms with van der Waals surface area (Å²) < 4.78 is 26.4. The number of nitrogens with zero attached hydrogens (tertiary/aromatic N) is 3. The van der Waals surface area contributed by atoms with Crippen molar-refractivity contribution in [3.63, 3.8) is 0 Å². The van der Waals surface area contributed by atoms with Gasteiger partial charge >= 0.3 is 6.55 Å². The van der Waals surface area contributed by atoms with E-state index < -0.39 is 6.55 Å². The van der Waals surface area contributed by atoms with E-state index in [4.69, 9.17) is 11.6 Å². The highest BCUT2D eigenvalue weighted by Gasteiger charge is 2.46. The highest BCUT2D eigenvalue weighted by atomic mass is 35.5. The summed E-state index contributed by atoms with van der Waals surface area (Å²) in [4.78, 5) is 17.8. The molecule has 1 heterocycles. The van der Waals surface area contributed by atoms with Gasteiger partial charge in [-0.3, -0.25) is 9.36 Å². The van der Waals surface area contributed by atoms with Crippen LogP contribution in [0.25, 0.3) is 0 Å². The van der Waals surface area contributed by atoms with Crippen LogP contribution in [0.4, 0.5) is 8.78 Å². The molecule has 3 rings (SSSR count). The van der Waals surface area contributed by atoms with Crippen LogP contribution in [0, 0.1) is 5.92 Å². The van der Waals surface area contributed by atoms with Crippen molar-refractivity contribution in [2.45, 2.75) is 25.4 Å². The van der Waals surface area contributed by atoms with Gasteiger partial charge in [0.15, 0.2) is 0 Å². The van der Waals surface area contributed by atoms with Crippen LogP contribution in [0.1, 0.15) is 30.3 Å². The van der Waals surface area contributed by atoms with Crippen molar-refractivity contribution in [2.75, 3.05) is 7.05 Å². The summed E-state index contributed by atoms with van der Waals surface area (Å²) in [5.74, 6) is 0.0629. The number of hydrogen-bond donors (Lipinski definition) is 0. The standard InChI is InChI=1S/C16H16ClF2N3O/c1-21(9-14-20-6-7-22(14)16(18)19)15(23)12-8-11(12)10-4-2-3-5-13(10)17/h2-7,11-12,16H,8-9H2,1H3. The van der Waals surface area contributed by atoms with Crippen LogP contribution in [0.2, 0.25) is 5.02 Å². The van der Waals surface area contributed by atoms with Gasteiger partial charge in [0, 0.05) is 30.4 Å². The summed E-state index contributed by atoms with van der Waals surface area (Å²) in [6.07, 6.45) is 3.25. The molecule has 1 aromatic heterocycles. The average molecular weight is 340 g/mol. The number of aromatic nitrogens is 2. The zero-order valence-electron chi connectivity index (χ0n) is 12.5. The number of amides is 1. The number of benzene rings is 1. The third kappa shape index (κ3) is 3.22. The van der Waals surface area contributed by atoms with Gasteiger partial charge in [0.2, 0.25) is 5.91 Å². The van der Waals surface area contributed by atoms with Crippen LogP contribution in [0.5, 0.6) is 0 Å². The minimum absolute atomic E-state index is 0.0575. The summed E-state index contributed by atoms with van der Waals surface area (Å²) in [6.45, 7) is -2.60. The minimum Gasteiger partial charge on any atom is -0.338 e. The van der Waals surface area contributed by atoms with Crippen molar-refractivity contribution >= 4 is 17.5 Å². The van der Waals surface area contributed by atoms with E-state index in [0.29, 0.717) is 5.02 Å². The maximum Gasteiger partial charge on any atom is 0.319 e. The lowest BCUT2D eigenvalue weighted by molar-refractivity contribution is -0.132. The number of hydrogen-bond acceptors (Lipinski definition) is 2. The first-order valence-electron chi connectivity index (χ1n) is 7.28. The van der Waals surface area contributed by atoms with E-state index in [1.807, 2.05) is 18.2 Å². The van der Waals surface area contributed by atoms with Crippen LogP contribution in [-0.2, 0) is 11.3 Å². The molecule has 0 spiro atoms. The summed E-state index contributed by atoms with van der Waals surface area (Å²) in [5.41, 5.74) is 0.968.